The van der Waals surface area contributed by atoms with E-state index in [4.69, 9.17) is 5.84 Å². The molecule has 1 unspecified atom stereocenters. The second-order valence-corrected chi connectivity index (χ2v) is 5.22. The summed E-state index contributed by atoms with van der Waals surface area (Å²) in [5.74, 6) is 6.28. The Kier molecular flexibility index (Phi) is 3.45. The third kappa shape index (κ3) is 2.60. The van der Waals surface area contributed by atoms with Crippen LogP contribution < -0.4 is 11.3 Å². The molecule has 0 saturated carbocycles. The van der Waals surface area contributed by atoms with Crippen molar-refractivity contribution in [2.75, 3.05) is 0 Å². The van der Waals surface area contributed by atoms with E-state index >= 15 is 0 Å². The van der Waals surface area contributed by atoms with E-state index in [2.05, 4.69) is 26.4 Å². The molecule has 0 fully saturated rings. The molecule has 0 aliphatic heterocycles. The zero-order chi connectivity index (χ0) is 13.1. The van der Waals surface area contributed by atoms with Gasteiger partial charge in [0.05, 0.1) is 21.3 Å². The van der Waals surface area contributed by atoms with Gasteiger partial charge in [0.25, 0.3) is 0 Å². The van der Waals surface area contributed by atoms with Crippen LogP contribution in [-0.4, -0.2) is 15.0 Å². The fraction of sp³-hybridized carbons (Fsp3) is 0.154. The van der Waals surface area contributed by atoms with Gasteiger partial charge in [-0.3, -0.25) is 5.84 Å². The number of thiazole rings is 1. The molecule has 6 heteroatoms. The fourth-order valence-electron chi connectivity index (χ4n) is 1.90. The van der Waals surface area contributed by atoms with E-state index in [0.717, 1.165) is 10.5 Å². The maximum atomic E-state index is 5.59. The number of nitrogens with two attached hydrogens (primary N) is 1. The van der Waals surface area contributed by atoms with Gasteiger partial charge in [-0.05, 0) is 18.2 Å². The van der Waals surface area contributed by atoms with Gasteiger partial charge in [-0.15, -0.1) is 11.3 Å². The van der Waals surface area contributed by atoms with Crippen molar-refractivity contribution >= 4 is 21.6 Å². The first-order chi connectivity index (χ1) is 9.36. The molecule has 2 heterocycles. The van der Waals surface area contributed by atoms with Gasteiger partial charge in [-0.1, -0.05) is 12.1 Å². The summed E-state index contributed by atoms with van der Waals surface area (Å²) in [6.45, 7) is 0. The lowest BCUT2D eigenvalue weighted by Gasteiger charge is -2.11. The second-order valence-electron chi connectivity index (χ2n) is 4.11. The number of para-hydroxylation sites is 1. The van der Waals surface area contributed by atoms with Crippen LogP contribution in [0.15, 0.2) is 42.7 Å². The van der Waals surface area contributed by atoms with Gasteiger partial charge in [0.15, 0.2) is 0 Å². The van der Waals surface area contributed by atoms with Crippen LogP contribution in [0.2, 0.25) is 0 Å². The quantitative estimate of drug-likeness (QED) is 0.559. The Morgan fingerprint density at radius 3 is 2.68 bits per heavy atom. The van der Waals surface area contributed by atoms with Crippen LogP contribution in [0.25, 0.3) is 10.2 Å². The summed E-state index contributed by atoms with van der Waals surface area (Å²) in [5, 5.41) is 1.02. The molecule has 0 spiro atoms. The van der Waals surface area contributed by atoms with Gasteiger partial charge in [0.1, 0.15) is 5.82 Å². The van der Waals surface area contributed by atoms with E-state index in [-0.39, 0.29) is 6.04 Å². The molecule has 1 atom stereocenters. The molecule has 0 bridgehead atoms. The van der Waals surface area contributed by atoms with Crippen molar-refractivity contribution in [3.63, 3.8) is 0 Å². The van der Waals surface area contributed by atoms with Crippen LogP contribution in [0.1, 0.15) is 16.9 Å². The van der Waals surface area contributed by atoms with Crippen molar-refractivity contribution in [3.05, 3.63) is 53.6 Å². The molecule has 3 aromatic rings. The molecule has 0 amide bonds. The predicted octanol–water partition coefficient (Wildman–Crippen LogP) is 1.83. The molecular weight excluding hydrogens is 258 g/mol. The molecule has 0 radical (unpaired) electrons. The second kappa shape index (κ2) is 5.40. The van der Waals surface area contributed by atoms with Gasteiger partial charge in [0, 0.05) is 18.8 Å². The molecule has 0 aliphatic carbocycles. The largest absolute Gasteiger partial charge is 0.271 e. The molecule has 0 saturated heterocycles. The molecule has 0 aliphatic rings. The summed E-state index contributed by atoms with van der Waals surface area (Å²) >= 11 is 1.67. The Balaban J connectivity index is 1.86. The molecule has 5 nitrogen and oxygen atoms in total. The maximum Gasteiger partial charge on any atom is 0.146 e. The van der Waals surface area contributed by atoms with Crippen molar-refractivity contribution in [1.29, 1.82) is 0 Å². The van der Waals surface area contributed by atoms with Gasteiger partial charge < -0.3 is 0 Å². The average Bonchev–Trinajstić information content (AvgIpc) is 2.88. The van der Waals surface area contributed by atoms with E-state index in [1.165, 1.54) is 4.70 Å². The van der Waals surface area contributed by atoms with Crippen molar-refractivity contribution in [2.45, 2.75) is 12.5 Å². The molecule has 2 aromatic heterocycles. The minimum absolute atomic E-state index is 0.123. The number of benzene rings is 1. The predicted molar refractivity (Wildman–Crippen MR) is 75.4 cm³/mol. The summed E-state index contributed by atoms with van der Waals surface area (Å²) in [7, 11) is 0. The van der Waals surface area contributed by atoms with Gasteiger partial charge in [0.2, 0.25) is 0 Å². The number of hydrogen-bond acceptors (Lipinski definition) is 6. The first-order valence-electron chi connectivity index (χ1n) is 5.94. The number of nitrogens with one attached hydrogen (secondary N) is 1. The van der Waals surface area contributed by atoms with Gasteiger partial charge >= 0.3 is 0 Å². The minimum atomic E-state index is -0.123. The van der Waals surface area contributed by atoms with Crippen LogP contribution in [0, 0.1) is 0 Å². The minimum Gasteiger partial charge on any atom is -0.271 e. The third-order valence-corrected chi connectivity index (χ3v) is 3.87. The highest BCUT2D eigenvalue weighted by molar-refractivity contribution is 7.18. The molecular formula is C13H13N5S. The third-order valence-electron chi connectivity index (χ3n) is 2.82. The number of nitrogens with zero attached hydrogens (tertiary/aromatic N) is 3. The Morgan fingerprint density at radius 2 is 1.95 bits per heavy atom. The fourth-order valence-corrected chi connectivity index (χ4v) is 2.91. The van der Waals surface area contributed by atoms with Crippen molar-refractivity contribution in [1.82, 2.24) is 20.4 Å². The first-order valence-corrected chi connectivity index (χ1v) is 6.76. The van der Waals surface area contributed by atoms with Crippen LogP contribution in [0.5, 0.6) is 0 Å². The van der Waals surface area contributed by atoms with E-state index in [0.29, 0.717) is 12.2 Å². The highest BCUT2D eigenvalue weighted by Crippen LogP contribution is 2.24. The lowest BCUT2D eigenvalue weighted by Crippen LogP contribution is -2.30. The summed E-state index contributed by atoms with van der Waals surface area (Å²) in [5.41, 5.74) is 3.77. The van der Waals surface area contributed by atoms with E-state index in [9.17, 15) is 0 Å². The number of hydrazine groups is 1. The van der Waals surface area contributed by atoms with Crippen molar-refractivity contribution < 1.29 is 0 Å². The summed E-state index contributed by atoms with van der Waals surface area (Å²) in [6, 6.07) is 9.75. The topological polar surface area (TPSA) is 76.7 Å². The zero-order valence-corrected chi connectivity index (χ0v) is 11.0. The SMILES string of the molecule is NNC(Cc1nc2ccccc2s1)c1ncccn1. The summed E-state index contributed by atoms with van der Waals surface area (Å²) < 4.78 is 1.18. The van der Waals surface area contributed by atoms with Crippen LogP contribution >= 0.6 is 11.3 Å². The van der Waals surface area contributed by atoms with Crippen LogP contribution in [-0.2, 0) is 6.42 Å². The average molecular weight is 271 g/mol. The van der Waals surface area contributed by atoms with Crippen LogP contribution in [0.3, 0.4) is 0 Å². The van der Waals surface area contributed by atoms with E-state index in [1.54, 1.807) is 29.8 Å². The highest BCUT2D eigenvalue weighted by Gasteiger charge is 2.15. The molecule has 1 aromatic carbocycles. The smallest absolute Gasteiger partial charge is 0.146 e. The lowest BCUT2D eigenvalue weighted by molar-refractivity contribution is 0.522. The van der Waals surface area contributed by atoms with Crippen molar-refractivity contribution in [3.8, 4) is 0 Å². The monoisotopic (exact) mass is 271 g/mol. The standard InChI is InChI=1S/C13H13N5S/c14-18-10(13-15-6-3-7-16-13)8-12-17-9-4-1-2-5-11(9)19-12/h1-7,10,18H,8,14H2. The Morgan fingerprint density at radius 1 is 1.16 bits per heavy atom. The summed E-state index contributed by atoms with van der Waals surface area (Å²) in [6.07, 6.45) is 4.11. The van der Waals surface area contributed by atoms with Crippen molar-refractivity contribution in [2.24, 2.45) is 5.84 Å². The van der Waals surface area contributed by atoms with Gasteiger partial charge in [-0.25, -0.2) is 20.4 Å². The molecule has 3 N–H and O–H groups in total. The maximum absolute atomic E-state index is 5.59. The van der Waals surface area contributed by atoms with Gasteiger partial charge in [-0.2, -0.15) is 0 Å². The lowest BCUT2D eigenvalue weighted by atomic mass is 10.2. The number of rotatable bonds is 4. The Bertz CT molecular complexity index is 634. The molecule has 96 valence electrons. The number of fused-ring (bicyclic) bond motifs is 1. The van der Waals surface area contributed by atoms with E-state index in [1.807, 2.05) is 18.2 Å². The van der Waals surface area contributed by atoms with Crippen LogP contribution in [0.4, 0.5) is 0 Å². The first kappa shape index (κ1) is 12.2. The summed E-state index contributed by atoms with van der Waals surface area (Å²) in [4.78, 5) is 13.0. The number of hydrogen-bond donors (Lipinski definition) is 2. The highest BCUT2D eigenvalue weighted by atomic mass is 32.1. The van der Waals surface area contributed by atoms with E-state index < -0.39 is 0 Å². The number of aromatic nitrogens is 3. The normalized spacial score (nSPS) is 12.7. The Hall–Kier alpha value is -1.89. The molecule has 3 rings (SSSR count). The Labute approximate surface area is 114 Å². The zero-order valence-electron chi connectivity index (χ0n) is 10.2. The molecule has 19 heavy (non-hydrogen) atoms.